The number of nitrogens with one attached hydrogen (secondary N) is 1. The first kappa shape index (κ1) is 15.7. The molecule has 21 heavy (non-hydrogen) atoms. The molecule has 0 unspecified atom stereocenters. The van der Waals surface area contributed by atoms with Crippen molar-refractivity contribution in [2.75, 3.05) is 18.1 Å². The Morgan fingerprint density at radius 2 is 2.29 bits per heavy atom. The minimum atomic E-state index is -0.670. The Balaban J connectivity index is 1.76. The quantitative estimate of drug-likeness (QED) is 0.877. The van der Waals surface area contributed by atoms with Crippen LogP contribution in [0.25, 0.3) is 0 Å². The van der Waals surface area contributed by atoms with Gasteiger partial charge in [-0.3, -0.25) is 4.79 Å². The van der Waals surface area contributed by atoms with Crippen LogP contribution in [0.2, 0.25) is 0 Å². The Morgan fingerprint density at radius 1 is 1.52 bits per heavy atom. The molecule has 2 rings (SSSR count). The molecule has 1 N–H and O–H groups in total. The number of thioether (sulfide) groups is 1. The summed E-state index contributed by atoms with van der Waals surface area (Å²) in [4.78, 5) is 12.2. The summed E-state index contributed by atoms with van der Waals surface area (Å²) in [6.07, 6.45) is 1.36. The molecule has 0 aliphatic carbocycles. The number of nitrogens with zero attached hydrogens (tertiary/aromatic N) is 1. The average molecular weight is 304 g/mol. The van der Waals surface area contributed by atoms with Gasteiger partial charge in [0.25, 0.3) is 0 Å². The van der Waals surface area contributed by atoms with Crippen molar-refractivity contribution in [3.8, 4) is 11.8 Å². The number of carbonyl (C=O) groups excluding carboxylic acids is 1. The highest BCUT2D eigenvalue weighted by Crippen LogP contribution is 2.27. The summed E-state index contributed by atoms with van der Waals surface area (Å²) in [7, 11) is 0. The maximum absolute atomic E-state index is 12.2. The monoisotopic (exact) mass is 304 g/mol. The predicted octanol–water partition coefficient (Wildman–Crippen LogP) is 2.61. The van der Waals surface area contributed by atoms with Gasteiger partial charge in [-0.1, -0.05) is 25.1 Å². The third kappa shape index (κ3) is 4.40. The van der Waals surface area contributed by atoms with Crippen molar-refractivity contribution in [2.24, 2.45) is 5.92 Å². The molecule has 1 aromatic rings. The molecule has 1 heterocycles. The SMILES string of the molecule is C[C@H](CCOc1ccccc1)C(=O)N[C@]1(C#N)CCSC1. The van der Waals surface area contributed by atoms with Crippen LogP contribution in [0.5, 0.6) is 5.75 Å². The van der Waals surface area contributed by atoms with Crippen LogP contribution in [0.15, 0.2) is 30.3 Å². The van der Waals surface area contributed by atoms with E-state index in [1.165, 1.54) is 0 Å². The number of ether oxygens (including phenoxy) is 1. The third-order valence-corrected chi connectivity index (χ3v) is 4.80. The molecule has 5 heteroatoms. The lowest BCUT2D eigenvalue weighted by atomic mass is 9.99. The normalized spacial score (nSPS) is 22.3. The zero-order valence-electron chi connectivity index (χ0n) is 12.2. The zero-order valence-corrected chi connectivity index (χ0v) is 13.0. The Labute approximate surface area is 129 Å². The molecule has 112 valence electrons. The van der Waals surface area contributed by atoms with E-state index in [0.717, 1.165) is 17.9 Å². The standard InChI is InChI=1S/C16H20N2O2S/c1-13(7-9-20-14-5-3-2-4-6-14)15(19)18-16(11-17)8-10-21-12-16/h2-6,13H,7-10,12H2,1H3,(H,18,19)/t13-,16+/m1/s1. The second-order valence-corrected chi connectivity index (χ2v) is 6.44. The van der Waals surface area contributed by atoms with Crippen LogP contribution in [0.4, 0.5) is 0 Å². The van der Waals surface area contributed by atoms with Gasteiger partial charge in [0.2, 0.25) is 5.91 Å². The van der Waals surface area contributed by atoms with Crippen LogP contribution in [-0.4, -0.2) is 29.6 Å². The molecule has 1 aliphatic heterocycles. The summed E-state index contributed by atoms with van der Waals surface area (Å²) in [5.74, 6) is 2.20. The second-order valence-electron chi connectivity index (χ2n) is 5.34. The first-order valence-corrected chi connectivity index (χ1v) is 8.29. The lowest BCUT2D eigenvalue weighted by molar-refractivity contribution is -0.126. The van der Waals surface area contributed by atoms with Crippen molar-refractivity contribution < 1.29 is 9.53 Å². The van der Waals surface area contributed by atoms with Gasteiger partial charge in [-0.25, -0.2) is 0 Å². The lowest BCUT2D eigenvalue weighted by Crippen LogP contribution is -2.49. The van der Waals surface area contributed by atoms with Crippen LogP contribution in [0.1, 0.15) is 19.8 Å². The van der Waals surface area contributed by atoms with Gasteiger partial charge < -0.3 is 10.1 Å². The maximum atomic E-state index is 12.2. The lowest BCUT2D eigenvalue weighted by Gasteiger charge is -2.23. The fourth-order valence-corrected chi connectivity index (χ4v) is 3.41. The summed E-state index contributed by atoms with van der Waals surface area (Å²) < 4.78 is 5.60. The van der Waals surface area contributed by atoms with Crippen LogP contribution >= 0.6 is 11.8 Å². The molecule has 1 saturated heterocycles. The molecule has 1 aliphatic rings. The van der Waals surface area contributed by atoms with Crippen molar-refractivity contribution in [3.05, 3.63) is 30.3 Å². The molecule has 1 aromatic carbocycles. The van der Waals surface area contributed by atoms with E-state index in [2.05, 4.69) is 11.4 Å². The number of hydrogen-bond acceptors (Lipinski definition) is 4. The van der Waals surface area contributed by atoms with Gasteiger partial charge in [-0.2, -0.15) is 17.0 Å². The van der Waals surface area contributed by atoms with E-state index in [4.69, 9.17) is 4.74 Å². The van der Waals surface area contributed by atoms with Crippen molar-refractivity contribution in [1.29, 1.82) is 5.26 Å². The number of amides is 1. The number of para-hydroxylation sites is 1. The van der Waals surface area contributed by atoms with Gasteiger partial charge in [0.15, 0.2) is 0 Å². The first-order valence-electron chi connectivity index (χ1n) is 7.14. The maximum Gasteiger partial charge on any atom is 0.224 e. The summed E-state index contributed by atoms with van der Waals surface area (Å²) in [6.45, 7) is 2.36. The number of carbonyl (C=O) groups is 1. The number of benzene rings is 1. The highest BCUT2D eigenvalue weighted by molar-refractivity contribution is 7.99. The Hall–Kier alpha value is -1.67. The summed E-state index contributed by atoms with van der Waals surface area (Å²) in [6, 6.07) is 11.8. The molecule has 0 bridgehead atoms. The highest BCUT2D eigenvalue weighted by Gasteiger charge is 2.36. The molecule has 0 aromatic heterocycles. The fraction of sp³-hybridized carbons (Fsp3) is 0.500. The molecule has 0 radical (unpaired) electrons. The summed E-state index contributed by atoms with van der Waals surface area (Å²) in [5, 5.41) is 12.2. The number of rotatable bonds is 6. The molecule has 0 saturated carbocycles. The van der Waals surface area contributed by atoms with Crippen LogP contribution < -0.4 is 10.1 Å². The number of hydrogen-bond donors (Lipinski definition) is 1. The van der Waals surface area contributed by atoms with Crippen LogP contribution in [-0.2, 0) is 4.79 Å². The van der Waals surface area contributed by atoms with Crippen molar-refractivity contribution in [1.82, 2.24) is 5.32 Å². The van der Waals surface area contributed by atoms with E-state index in [0.29, 0.717) is 18.8 Å². The third-order valence-electron chi connectivity index (χ3n) is 3.61. The van der Waals surface area contributed by atoms with E-state index in [1.54, 1.807) is 11.8 Å². The van der Waals surface area contributed by atoms with E-state index in [9.17, 15) is 10.1 Å². The molecule has 1 amide bonds. The van der Waals surface area contributed by atoms with E-state index < -0.39 is 5.54 Å². The largest absolute Gasteiger partial charge is 0.494 e. The summed E-state index contributed by atoms with van der Waals surface area (Å²) >= 11 is 1.71. The molecule has 2 atom stereocenters. The molecule has 0 spiro atoms. The van der Waals surface area contributed by atoms with Crippen molar-refractivity contribution in [3.63, 3.8) is 0 Å². The van der Waals surface area contributed by atoms with E-state index in [-0.39, 0.29) is 11.8 Å². The first-order chi connectivity index (χ1) is 10.2. The fourth-order valence-electron chi connectivity index (χ4n) is 2.14. The molecular weight excluding hydrogens is 284 g/mol. The van der Waals surface area contributed by atoms with Gasteiger partial charge in [0, 0.05) is 11.7 Å². The second kappa shape index (κ2) is 7.37. The highest BCUT2D eigenvalue weighted by atomic mass is 32.2. The predicted molar refractivity (Wildman–Crippen MR) is 84.1 cm³/mol. The van der Waals surface area contributed by atoms with Crippen LogP contribution in [0.3, 0.4) is 0 Å². The van der Waals surface area contributed by atoms with E-state index >= 15 is 0 Å². The van der Waals surface area contributed by atoms with Gasteiger partial charge in [-0.05, 0) is 30.7 Å². The summed E-state index contributed by atoms with van der Waals surface area (Å²) in [5.41, 5.74) is -0.670. The van der Waals surface area contributed by atoms with Crippen LogP contribution in [0, 0.1) is 17.2 Å². The molecule has 1 fully saturated rings. The van der Waals surface area contributed by atoms with Gasteiger partial charge in [-0.15, -0.1) is 0 Å². The Kier molecular flexibility index (Phi) is 5.51. The average Bonchev–Trinajstić information content (AvgIpc) is 2.97. The Morgan fingerprint density at radius 3 is 2.90 bits per heavy atom. The van der Waals surface area contributed by atoms with Crippen molar-refractivity contribution in [2.45, 2.75) is 25.3 Å². The topological polar surface area (TPSA) is 62.1 Å². The van der Waals surface area contributed by atoms with Gasteiger partial charge in [0.05, 0.1) is 12.7 Å². The van der Waals surface area contributed by atoms with E-state index in [1.807, 2.05) is 37.3 Å². The van der Waals surface area contributed by atoms with Crippen molar-refractivity contribution >= 4 is 17.7 Å². The minimum Gasteiger partial charge on any atom is -0.494 e. The van der Waals surface area contributed by atoms with Gasteiger partial charge >= 0.3 is 0 Å². The number of nitriles is 1. The van der Waals surface area contributed by atoms with Gasteiger partial charge in [0.1, 0.15) is 11.3 Å². The minimum absolute atomic E-state index is 0.0595. The zero-order chi connectivity index (χ0) is 15.1. The smallest absolute Gasteiger partial charge is 0.224 e. The Bertz CT molecular complexity index is 507. The molecular formula is C16H20N2O2S. The molecule has 4 nitrogen and oxygen atoms in total.